The van der Waals surface area contributed by atoms with Crippen molar-refractivity contribution in [1.29, 1.82) is 5.26 Å². The van der Waals surface area contributed by atoms with Crippen LogP contribution in [0.2, 0.25) is 5.15 Å². The zero-order chi connectivity index (χ0) is 15.9. The van der Waals surface area contributed by atoms with Crippen molar-refractivity contribution in [1.82, 2.24) is 4.98 Å². The Bertz CT molecular complexity index is 793. The molecule has 2 aromatic rings. The van der Waals surface area contributed by atoms with Gasteiger partial charge in [-0.3, -0.25) is 0 Å². The van der Waals surface area contributed by atoms with Crippen molar-refractivity contribution in [2.24, 2.45) is 0 Å². The van der Waals surface area contributed by atoms with Crippen LogP contribution in [0.1, 0.15) is 25.7 Å². The second kappa shape index (κ2) is 5.76. The zero-order valence-electron chi connectivity index (χ0n) is 11.6. The molecule has 0 amide bonds. The Balaban J connectivity index is 1.89. The van der Waals surface area contributed by atoms with Gasteiger partial charge >= 0.3 is 5.97 Å². The number of carbonyl (C=O) groups is 1. The van der Waals surface area contributed by atoms with E-state index >= 15 is 0 Å². The summed E-state index contributed by atoms with van der Waals surface area (Å²) in [6.07, 6.45) is 0.719. The molecule has 1 aliphatic heterocycles. The molecule has 0 bridgehead atoms. The standard InChI is InChI=1S/C13H11ClN4O2S2/c1-20-12(19)9-10(14)17-13(22-9)18-3-2-6-7(4-15)11(16)21-8(6)5-18/h2-3,5,16H2,1H3. The number of methoxy groups -OCH3 is 1. The number of halogens is 1. The van der Waals surface area contributed by atoms with Gasteiger partial charge in [0.2, 0.25) is 0 Å². The Labute approximate surface area is 139 Å². The number of carbonyl (C=O) groups excluding carboxylic acids is 1. The number of fused-ring (bicyclic) bond motifs is 1. The predicted molar refractivity (Wildman–Crippen MR) is 86.7 cm³/mol. The highest BCUT2D eigenvalue weighted by Crippen LogP contribution is 2.38. The molecule has 3 rings (SSSR count). The van der Waals surface area contributed by atoms with Gasteiger partial charge in [0.1, 0.15) is 11.1 Å². The van der Waals surface area contributed by atoms with Crippen LogP contribution < -0.4 is 10.6 Å². The number of hydrogen-bond donors (Lipinski definition) is 1. The normalized spacial score (nSPS) is 13.6. The van der Waals surface area contributed by atoms with Crippen molar-refractivity contribution in [3.8, 4) is 6.07 Å². The number of aromatic nitrogens is 1. The van der Waals surface area contributed by atoms with E-state index in [2.05, 4.69) is 15.8 Å². The van der Waals surface area contributed by atoms with Crippen LogP contribution in [0.25, 0.3) is 0 Å². The quantitative estimate of drug-likeness (QED) is 0.833. The van der Waals surface area contributed by atoms with Crippen LogP contribution in [0.15, 0.2) is 0 Å². The number of rotatable bonds is 2. The molecule has 0 aromatic carbocycles. The highest BCUT2D eigenvalue weighted by atomic mass is 35.5. The first kappa shape index (κ1) is 15.1. The fourth-order valence-corrected chi connectivity index (χ4v) is 4.66. The summed E-state index contributed by atoms with van der Waals surface area (Å²) in [5.41, 5.74) is 7.50. The first-order valence-electron chi connectivity index (χ1n) is 6.34. The van der Waals surface area contributed by atoms with Crippen molar-refractivity contribution in [3.63, 3.8) is 0 Å². The van der Waals surface area contributed by atoms with E-state index in [0.29, 0.717) is 33.7 Å². The van der Waals surface area contributed by atoms with E-state index < -0.39 is 5.97 Å². The number of hydrogen-bond acceptors (Lipinski definition) is 8. The highest BCUT2D eigenvalue weighted by Gasteiger charge is 2.27. The maximum atomic E-state index is 11.6. The Kier molecular flexibility index (Phi) is 3.95. The number of ether oxygens (including phenoxy) is 1. The van der Waals surface area contributed by atoms with Crippen molar-refractivity contribution < 1.29 is 9.53 Å². The van der Waals surface area contributed by atoms with Crippen LogP contribution in [0.4, 0.5) is 10.1 Å². The van der Waals surface area contributed by atoms with Crippen molar-refractivity contribution in [3.05, 3.63) is 26.0 Å². The molecular weight excluding hydrogens is 344 g/mol. The Hall–Kier alpha value is -1.82. The van der Waals surface area contributed by atoms with Gasteiger partial charge in [0.15, 0.2) is 15.2 Å². The molecule has 2 aromatic heterocycles. The lowest BCUT2D eigenvalue weighted by Gasteiger charge is -2.26. The molecule has 6 nitrogen and oxygen atoms in total. The van der Waals surface area contributed by atoms with E-state index in [4.69, 9.17) is 22.6 Å². The molecule has 2 N–H and O–H groups in total. The van der Waals surface area contributed by atoms with E-state index in [-0.39, 0.29) is 5.15 Å². The summed E-state index contributed by atoms with van der Waals surface area (Å²) >= 11 is 8.64. The number of nitrogens with two attached hydrogens (primary N) is 1. The number of thiophene rings is 1. The molecule has 0 radical (unpaired) electrons. The van der Waals surface area contributed by atoms with Gasteiger partial charge in [-0.1, -0.05) is 22.9 Å². The Morgan fingerprint density at radius 1 is 1.55 bits per heavy atom. The fourth-order valence-electron chi connectivity index (χ4n) is 2.36. The number of nitrogens with zero attached hydrogens (tertiary/aromatic N) is 3. The van der Waals surface area contributed by atoms with E-state index in [9.17, 15) is 4.79 Å². The van der Waals surface area contributed by atoms with E-state index in [0.717, 1.165) is 16.9 Å². The Morgan fingerprint density at radius 3 is 3.00 bits per heavy atom. The topological polar surface area (TPSA) is 92.2 Å². The first-order valence-corrected chi connectivity index (χ1v) is 8.36. The van der Waals surface area contributed by atoms with E-state index in [1.54, 1.807) is 0 Å². The van der Waals surface area contributed by atoms with Gasteiger partial charge in [0.25, 0.3) is 0 Å². The van der Waals surface area contributed by atoms with Gasteiger partial charge in [-0.15, -0.1) is 11.3 Å². The van der Waals surface area contributed by atoms with Crippen LogP contribution in [0, 0.1) is 11.3 Å². The largest absolute Gasteiger partial charge is 0.465 e. The van der Waals surface area contributed by atoms with Crippen LogP contribution in [0.5, 0.6) is 0 Å². The number of nitriles is 1. The molecule has 0 saturated heterocycles. The van der Waals surface area contributed by atoms with E-state index in [1.165, 1.54) is 29.8 Å². The van der Waals surface area contributed by atoms with Gasteiger partial charge in [-0.05, 0) is 12.0 Å². The van der Waals surface area contributed by atoms with Crippen LogP contribution in [0.3, 0.4) is 0 Å². The summed E-state index contributed by atoms with van der Waals surface area (Å²) in [4.78, 5) is 19.2. The summed E-state index contributed by atoms with van der Waals surface area (Å²) in [7, 11) is 1.31. The third kappa shape index (κ3) is 2.41. The molecule has 114 valence electrons. The monoisotopic (exact) mass is 354 g/mol. The predicted octanol–water partition coefficient (Wildman–Crippen LogP) is 2.66. The molecular formula is C13H11ClN4O2S2. The number of anilines is 2. The van der Waals surface area contributed by atoms with Gasteiger partial charge in [-0.2, -0.15) is 5.26 Å². The average molecular weight is 355 g/mol. The molecule has 3 heterocycles. The molecule has 9 heteroatoms. The van der Waals surface area contributed by atoms with Crippen LogP contribution in [-0.4, -0.2) is 24.6 Å². The smallest absolute Gasteiger partial charge is 0.351 e. The zero-order valence-corrected chi connectivity index (χ0v) is 13.9. The van der Waals surface area contributed by atoms with Crippen molar-refractivity contribution in [2.75, 3.05) is 24.3 Å². The molecule has 0 atom stereocenters. The van der Waals surface area contributed by atoms with Gasteiger partial charge in [-0.25, -0.2) is 9.78 Å². The molecule has 1 aliphatic rings. The summed E-state index contributed by atoms with van der Waals surface area (Å²) in [6, 6.07) is 2.17. The fraction of sp³-hybridized carbons (Fsp3) is 0.308. The summed E-state index contributed by atoms with van der Waals surface area (Å²) in [6.45, 7) is 1.30. The van der Waals surface area contributed by atoms with Crippen molar-refractivity contribution >= 4 is 50.4 Å². The summed E-state index contributed by atoms with van der Waals surface area (Å²) in [5, 5.41) is 10.5. The minimum Gasteiger partial charge on any atom is -0.465 e. The average Bonchev–Trinajstić information content (AvgIpc) is 3.04. The molecule has 0 saturated carbocycles. The maximum Gasteiger partial charge on any atom is 0.351 e. The number of thiazole rings is 1. The van der Waals surface area contributed by atoms with Gasteiger partial charge in [0.05, 0.1) is 19.2 Å². The second-order valence-electron chi connectivity index (χ2n) is 4.63. The third-order valence-electron chi connectivity index (χ3n) is 3.41. The molecule has 0 unspecified atom stereocenters. The lowest BCUT2D eigenvalue weighted by atomic mass is 10.0. The molecule has 22 heavy (non-hydrogen) atoms. The summed E-state index contributed by atoms with van der Waals surface area (Å²) < 4.78 is 4.69. The molecule has 0 aliphatic carbocycles. The minimum atomic E-state index is -0.487. The summed E-state index contributed by atoms with van der Waals surface area (Å²) in [5.74, 6) is -0.487. The maximum absolute atomic E-state index is 11.6. The van der Waals surface area contributed by atoms with Gasteiger partial charge in [0, 0.05) is 11.4 Å². The molecule has 0 spiro atoms. The second-order valence-corrected chi connectivity index (χ2v) is 7.11. The van der Waals surface area contributed by atoms with Crippen molar-refractivity contribution in [2.45, 2.75) is 13.0 Å². The van der Waals surface area contributed by atoms with Crippen LogP contribution in [-0.2, 0) is 17.7 Å². The van der Waals surface area contributed by atoms with E-state index in [1.807, 2.05) is 4.90 Å². The van der Waals surface area contributed by atoms with Crippen LogP contribution >= 0.6 is 34.3 Å². The Morgan fingerprint density at radius 2 is 2.32 bits per heavy atom. The third-order valence-corrected chi connectivity index (χ3v) is 5.94. The SMILES string of the molecule is COC(=O)c1sc(N2CCc3c(sc(N)c3C#N)C2)nc1Cl. The first-order chi connectivity index (χ1) is 10.5. The highest BCUT2D eigenvalue weighted by molar-refractivity contribution is 7.18. The number of esters is 1. The minimum absolute atomic E-state index is 0.154. The molecule has 0 fully saturated rings. The lowest BCUT2D eigenvalue weighted by molar-refractivity contribution is 0.0606. The van der Waals surface area contributed by atoms with Gasteiger partial charge < -0.3 is 15.4 Å². The lowest BCUT2D eigenvalue weighted by Crippen LogP contribution is -2.29. The number of nitrogen functional groups attached to an aromatic ring is 1.